The standard InChI is InChI=1S/C23H21F3O/c1-13(2)15-8-10-16(11-9-15)19-12-27-22-18-7-5-4-6-17(18)21(23(24,25)26)14(3)20(19)22/h4-11,13,19H,12H2,1-3H3. The van der Waals surface area contributed by atoms with Gasteiger partial charge in [-0.05, 0) is 34.9 Å². The normalized spacial score (nSPS) is 16.6. The van der Waals surface area contributed by atoms with E-state index in [4.69, 9.17) is 4.74 Å². The molecule has 1 atom stereocenters. The number of rotatable bonds is 2. The molecule has 0 N–H and O–H groups in total. The lowest BCUT2D eigenvalue weighted by atomic mass is 9.84. The van der Waals surface area contributed by atoms with E-state index < -0.39 is 11.7 Å². The van der Waals surface area contributed by atoms with Gasteiger partial charge in [0.25, 0.3) is 0 Å². The van der Waals surface area contributed by atoms with Crippen LogP contribution in [0.25, 0.3) is 10.8 Å². The van der Waals surface area contributed by atoms with E-state index in [1.54, 1.807) is 25.1 Å². The van der Waals surface area contributed by atoms with Crippen molar-refractivity contribution in [1.29, 1.82) is 0 Å². The van der Waals surface area contributed by atoms with Crippen molar-refractivity contribution >= 4 is 10.8 Å². The lowest BCUT2D eigenvalue weighted by Gasteiger charge is -2.20. The first-order valence-corrected chi connectivity index (χ1v) is 9.14. The second kappa shape index (κ2) is 6.29. The summed E-state index contributed by atoms with van der Waals surface area (Å²) in [6.45, 7) is 6.17. The Kier molecular flexibility index (Phi) is 4.17. The molecular formula is C23H21F3O. The first-order valence-electron chi connectivity index (χ1n) is 9.14. The van der Waals surface area contributed by atoms with Gasteiger partial charge in [-0.2, -0.15) is 13.2 Å². The number of alkyl halides is 3. The zero-order chi connectivity index (χ0) is 19.3. The zero-order valence-electron chi connectivity index (χ0n) is 15.5. The average molecular weight is 370 g/mol. The van der Waals surface area contributed by atoms with Gasteiger partial charge < -0.3 is 4.74 Å². The van der Waals surface area contributed by atoms with Crippen molar-refractivity contribution in [2.45, 2.75) is 38.8 Å². The summed E-state index contributed by atoms with van der Waals surface area (Å²) < 4.78 is 47.6. The second-order valence-electron chi connectivity index (χ2n) is 7.47. The monoisotopic (exact) mass is 370 g/mol. The van der Waals surface area contributed by atoms with Gasteiger partial charge in [-0.1, -0.05) is 62.4 Å². The minimum absolute atomic E-state index is 0.188. The highest BCUT2D eigenvalue weighted by Crippen LogP contribution is 2.50. The fourth-order valence-corrected chi connectivity index (χ4v) is 4.12. The molecule has 1 nitrogen and oxygen atoms in total. The van der Waals surface area contributed by atoms with Crippen molar-refractivity contribution in [3.05, 3.63) is 76.3 Å². The molecule has 1 heterocycles. The third kappa shape index (κ3) is 2.88. The van der Waals surface area contributed by atoms with E-state index in [0.29, 0.717) is 29.2 Å². The maximum atomic E-state index is 13.9. The highest BCUT2D eigenvalue weighted by atomic mass is 19.4. The topological polar surface area (TPSA) is 9.23 Å². The Morgan fingerprint density at radius 2 is 1.59 bits per heavy atom. The molecule has 0 fully saturated rings. The predicted molar refractivity (Wildman–Crippen MR) is 102 cm³/mol. The van der Waals surface area contributed by atoms with Gasteiger partial charge in [0.05, 0.1) is 12.2 Å². The summed E-state index contributed by atoms with van der Waals surface area (Å²) in [5.74, 6) is 0.814. The van der Waals surface area contributed by atoms with Crippen molar-refractivity contribution in [1.82, 2.24) is 0 Å². The summed E-state index contributed by atoms with van der Waals surface area (Å²) >= 11 is 0. The Labute approximate surface area is 156 Å². The first kappa shape index (κ1) is 17.9. The van der Waals surface area contributed by atoms with E-state index in [9.17, 15) is 13.2 Å². The fraction of sp³-hybridized carbons (Fsp3) is 0.304. The number of halogens is 3. The van der Waals surface area contributed by atoms with Crippen molar-refractivity contribution in [2.75, 3.05) is 6.61 Å². The van der Waals surface area contributed by atoms with Gasteiger partial charge in [0.15, 0.2) is 0 Å². The minimum Gasteiger partial charge on any atom is -0.492 e. The molecule has 3 aromatic rings. The number of ether oxygens (including phenoxy) is 1. The molecule has 140 valence electrons. The summed E-state index contributed by atoms with van der Waals surface area (Å²) in [6, 6.07) is 14.8. The molecular weight excluding hydrogens is 349 g/mol. The lowest BCUT2D eigenvalue weighted by Crippen LogP contribution is -2.11. The van der Waals surface area contributed by atoms with Crippen molar-refractivity contribution in [3.63, 3.8) is 0 Å². The Bertz CT molecular complexity index is 1000. The predicted octanol–water partition coefficient (Wildman–Crippen LogP) is 6.81. The van der Waals surface area contributed by atoms with Crippen LogP contribution in [0, 0.1) is 6.92 Å². The van der Waals surface area contributed by atoms with Crippen LogP contribution in [0.3, 0.4) is 0 Å². The Balaban J connectivity index is 1.94. The van der Waals surface area contributed by atoms with Gasteiger partial charge in [-0.15, -0.1) is 0 Å². The van der Waals surface area contributed by atoms with E-state index in [2.05, 4.69) is 26.0 Å². The molecule has 0 aliphatic carbocycles. The molecule has 4 heteroatoms. The summed E-state index contributed by atoms with van der Waals surface area (Å²) in [6.07, 6.45) is -4.41. The molecule has 3 aromatic carbocycles. The molecule has 0 bridgehead atoms. The minimum atomic E-state index is -4.41. The highest BCUT2D eigenvalue weighted by molar-refractivity contribution is 5.95. The van der Waals surface area contributed by atoms with Gasteiger partial charge in [0, 0.05) is 16.9 Å². The molecule has 0 spiro atoms. The van der Waals surface area contributed by atoms with Crippen LogP contribution in [0.1, 0.15) is 53.5 Å². The quantitative estimate of drug-likeness (QED) is 0.481. The van der Waals surface area contributed by atoms with Gasteiger partial charge in [-0.25, -0.2) is 0 Å². The number of fused-ring (bicyclic) bond motifs is 3. The number of hydrogen-bond donors (Lipinski definition) is 0. The Hall–Kier alpha value is -2.49. The molecule has 1 aliphatic heterocycles. The van der Waals surface area contributed by atoms with Gasteiger partial charge >= 0.3 is 6.18 Å². The summed E-state index contributed by atoms with van der Waals surface area (Å²) in [5.41, 5.74) is 2.59. The summed E-state index contributed by atoms with van der Waals surface area (Å²) in [5, 5.41) is 0.740. The van der Waals surface area contributed by atoms with E-state index in [0.717, 1.165) is 5.56 Å². The molecule has 0 radical (unpaired) electrons. The van der Waals surface area contributed by atoms with Crippen LogP contribution >= 0.6 is 0 Å². The fourth-order valence-electron chi connectivity index (χ4n) is 4.12. The molecule has 0 amide bonds. The second-order valence-corrected chi connectivity index (χ2v) is 7.47. The number of benzene rings is 3. The highest BCUT2D eigenvalue weighted by Gasteiger charge is 2.40. The van der Waals surface area contributed by atoms with Crippen LogP contribution in [0.4, 0.5) is 13.2 Å². The average Bonchev–Trinajstić information content (AvgIpc) is 3.06. The van der Waals surface area contributed by atoms with Crippen LogP contribution in [0.5, 0.6) is 5.75 Å². The maximum Gasteiger partial charge on any atom is 0.417 e. The smallest absolute Gasteiger partial charge is 0.417 e. The molecule has 27 heavy (non-hydrogen) atoms. The van der Waals surface area contributed by atoms with Crippen LogP contribution in [-0.2, 0) is 6.18 Å². The van der Waals surface area contributed by atoms with Crippen LogP contribution in [0.2, 0.25) is 0 Å². The Morgan fingerprint density at radius 1 is 0.963 bits per heavy atom. The van der Waals surface area contributed by atoms with E-state index in [1.165, 1.54) is 11.6 Å². The molecule has 1 aliphatic rings. The van der Waals surface area contributed by atoms with Crippen molar-refractivity contribution < 1.29 is 17.9 Å². The van der Waals surface area contributed by atoms with E-state index >= 15 is 0 Å². The number of hydrogen-bond acceptors (Lipinski definition) is 1. The molecule has 1 unspecified atom stereocenters. The van der Waals surface area contributed by atoms with Gasteiger partial charge in [0.2, 0.25) is 0 Å². The van der Waals surface area contributed by atoms with Gasteiger partial charge in [0.1, 0.15) is 5.75 Å². The molecule has 0 aromatic heterocycles. The SMILES string of the molecule is Cc1c2c(c3ccccc3c1C(F)(F)F)OCC2c1ccc(C(C)C)cc1. The zero-order valence-corrected chi connectivity index (χ0v) is 15.5. The maximum absolute atomic E-state index is 13.9. The summed E-state index contributed by atoms with van der Waals surface area (Å²) in [4.78, 5) is 0. The van der Waals surface area contributed by atoms with Crippen molar-refractivity contribution in [2.24, 2.45) is 0 Å². The largest absolute Gasteiger partial charge is 0.492 e. The first-order chi connectivity index (χ1) is 12.8. The van der Waals surface area contributed by atoms with Crippen LogP contribution < -0.4 is 4.74 Å². The molecule has 0 saturated heterocycles. The third-order valence-electron chi connectivity index (χ3n) is 5.50. The third-order valence-corrected chi connectivity index (χ3v) is 5.50. The van der Waals surface area contributed by atoms with E-state index in [-0.39, 0.29) is 16.9 Å². The van der Waals surface area contributed by atoms with Crippen LogP contribution in [0.15, 0.2) is 48.5 Å². The summed E-state index contributed by atoms with van der Waals surface area (Å²) in [7, 11) is 0. The van der Waals surface area contributed by atoms with Crippen molar-refractivity contribution in [3.8, 4) is 5.75 Å². The lowest BCUT2D eigenvalue weighted by molar-refractivity contribution is -0.136. The van der Waals surface area contributed by atoms with E-state index in [1.807, 2.05) is 12.1 Å². The van der Waals surface area contributed by atoms with Crippen LogP contribution in [-0.4, -0.2) is 6.61 Å². The molecule has 0 saturated carbocycles. The Morgan fingerprint density at radius 3 is 2.19 bits per heavy atom. The molecule has 4 rings (SSSR count). The van der Waals surface area contributed by atoms with Gasteiger partial charge in [-0.3, -0.25) is 0 Å².